The summed E-state index contributed by atoms with van der Waals surface area (Å²) in [5.41, 5.74) is 0.396. The number of ether oxygens (including phenoxy) is 2. The van der Waals surface area contributed by atoms with E-state index in [2.05, 4.69) is 32.9 Å². The molecule has 5 nitrogen and oxygen atoms in total. The second-order valence-electron chi connectivity index (χ2n) is 3.88. The van der Waals surface area contributed by atoms with Crippen LogP contribution < -0.4 is 14.8 Å². The summed E-state index contributed by atoms with van der Waals surface area (Å²) in [6.07, 6.45) is 1.68. The molecule has 0 fully saturated rings. The van der Waals surface area contributed by atoms with Crippen molar-refractivity contribution < 1.29 is 14.3 Å². The molecule has 1 heterocycles. The predicted octanol–water partition coefficient (Wildman–Crippen LogP) is 2.96. The van der Waals surface area contributed by atoms with Crippen LogP contribution in [0, 0.1) is 3.57 Å². The Labute approximate surface area is 130 Å². The van der Waals surface area contributed by atoms with Gasteiger partial charge in [0.25, 0.3) is 5.91 Å². The lowest BCUT2D eigenvalue weighted by atomic mass is 10.1. The molecule has 0 unspecified atom stereocenters. The van der Waals surface area contributed by atoms with Gasteiger partial charge in [0, 0.05) is 9.77 Å². The Balaban J connectivity index is 2.25. The second-order valence-corrected chi connectivity index (χ2v) is 5.13. The first kappa shape index (κ1) is 14.6. The minimum absolute atomic E-state index is 0.297. The third-order valence-electron chi connectivity index (χ3n) is 2.62. The van der Waals surface area contributed by atoms with Gasteiger partial charge >= 0.3 is 0 Å². The van der Waals surface area contributed by atoms with Crippen molar-refractivity contribution in [3.63, 3.8) is 0 Å². The summed E-state index contributed by atoms with van der Waals surface area (Å²) < 4.78 is 11.3. The minimum atomic E-state index is -0.297. The van der Waals surface area contributed by atoms with Gasteiger partial charge in [-0.25, -0.2) is 4.98 Å². The van der Waals surface area contributed by atoms with E-state index in [9.17, 15) is 4.79 Å². The third kappa shape index (κ3) is 3.38. The molecule has 1 N–H and O–H groups in total. The molecule has 0 aliphatic heterocycles. The highest BCUT2D eigenvalue weighted by Gasteiger charge is 2.14. The summed E-state index contributed by atoms with van der Waals surface area (Å²) in [4.78, 5) is 16.4. The zero-order valence-corrected chi connectivity index (χ0v) is 13.2. The molecule has 20 heavy (non-hydrogen) atoms. The van der Waals surface area contributed by atoms with Gasteiger partial charge in [-0.1, -0.05) is 0 Å². The third-order valence-corrected chi connectivity index (χ3v) is 3.26. The first-order valence-corrected chi connectivity index (χ1v) is 6.87. The van der Waals surface area contributed by atoms with Gasteiger partial charge in [0.05, 0.1) is 19.8 Å². The standard InChI is InChI=1S/C14H13IN2O3/c1-19-10-4-5-12(20-2)11(7-10)14(18)17-13-6-3-9(15)8-16-13/h3-8H,1-2H3,(H,16,17,18). The van der Waals surface area contributed by atoms with Gasteiger partial charge in [0.2, 0.25) is 0 Å². The maximum absolute atomic E-state index is 12.3. The zero-order chi connectivity index (χ0) is 14.5. The van der Waals surface area contributed by atoms with Crippen molar-refractivity contribution in [2.45, 2.75) is 0 Å². The lowest BCUT2D eigenvalue weighted by Crippen LogP contribution is -2.14. The summed E-state index contributed by atoms with van der Waals surface area (Å²) in [5, 5.41) is 2.72. The smallest absolute Gasteiger partial charge is 0.260 e. The van der Waals surface area contributed by atoms with Gasteiger partial charge in [-0.05, 0) is 52.9 Å². The number of hydrogen-bond donors (Lipinski definition) is 1. The SMILES string of the molecule is COc1ccc(OC)c(C(=O)Nc2ccc(I)cn2)c1. The summed E-state index contributed by atoms with van der Waals surface area (Å²) >= 11 is 2.15. The maximum atomic E-state index is 12.3. The van der Waals surface area contributed by atoms with Crippen molar-refractivity contribution in [3.8, 4) is 11.5 Å². The first-order chi connectivity index (χ1) is 9.63. The zero-order valence-electron chi connectivity index (χ0n) is 11.0. The van der Waals surface area contributed by atoms with Gasteiger partial charge in [0.15, 0.2) is 0 Å². The van der Waals surface area contributed by atoms with Crippen LogP contribution in [0.15, 0.2) is 36.5 Å². The Morgan fingerprint density at radius 3 is 2.60 bits per heavy atom. The molecule has 0 radical (unpaired) electrons. The molecule has 1 aromatic carbocycles. The number of pyridine rings is 1. The van der Waals surface area contributed by atoms with E-state index in [1.165, 1.54) is 7.11 Å². The molecule has 0 bridgehead atoms. The Bertz CT molecular complexity index is 614. The van der Waals surface area contributed by atoms with Crippen LogP contribution in [0.4, 0.5) is 5.82 Å². The molecular formula is C14H13IN2O3. The van der Waals surface area contributed by atoms with Crippen LogP contribution in [0.2, 0.25) is 0 Å². The van der Waals surface area contributed by atoms with E-state index < -0.39 is 0 Å². The lowest BCUT2D eigenvalue weighted by Gasteiger charge is -2.10. The number of carbonyl (C=O) groups is 1. The monoisotopic (exact) mass is 384 g/mol. The molecule has 0 aliphatic rings. The number of methoxy groups -OCH3 is 2. The number of anilines is 1. The molecular weight excluding hydrogens is 371 g/mol. The van der Waals surface area contributed by atoms with E-state index in [-0.39, 0.29) is 5.91 Å². The highest BCUT2D eigenvalue weighted by Crippen LogP contribution is 2.24. The molecule has 2 aromatic rings. The van der Waals surface area contributed by atoms with E-state index >= 15 is 0 Å². The molecule has 104 valence electrons. The highest BCUT2D eigenvalue weighted by molar-refractivity contribution is 14.1. The van der Waals surface area contributed by atoms with Crippen LogP contribution in [-0.2, 0) is 0 Å². The number of nitrogens with zero attached hydrogens (tertiary/aromatic N) is 1. The number of carbonyl (C=O) groups excluding carboxylic acids is 1. The normalized spacial score (nSPS) is 9.95. The number of rotatable bonds is 4. The number of halogens is 1. The van der Waals surface area contributed by atoms with Crippen LogP contribution in [0.5, 0.6) is 11.5 Å². The van der Waals surface area contributed by atoms with E-state index in [4.69, 9.17) is 9.47 Å². The average molecular weight is 384 g/mol. The maximum Gasteiger partial charge on any atom is 0.260 e. The first-order valence-electron chi connectivity index (χ1n) is 5.79. The molecule has 0 saturated heterocycles. The summed E-state index contributed by atoms with van der Waals surface area (Å²) in [5.74, 6) is 1.26. The van der Waals surface area contributed by atoms with Crippen molar-refractivity contribution in [1.82, 2.24) is 4.98 Å². The topological polar surface area (TPSA) is 60.5 Å². The number of amides is 1. The fraction of sp³-hybridized carbons (Fsp3) is 0.143. The van der Waals surface area contributed by atoms with Gasteiger partial charge in [-0.2, -0.15) is 0 Å². The highest BCUT2D eigenvalue weighted by atomic mass is 127. The summed E-state index contributed by atoms with van der Waals surface area (Å²) in [6, 6.07) is 8.66. The largest absolute Gasteiger partial charge is 0.497 e. The second kappa shape index (κ2) is 6.56. The summed E-state index contributed by atoms with van der Waals surface area (Å²) in [7, 11) is 3.06. The van der Waals surface area contributed by atoms with Crippen LogP contribution in [-0.4, -0.2) is 25.1 Å². The van der Waals surface area contributed by atoms with Crippen molar-refractivity contribution in [1.29, 1.82) is 0 Å². The van der Waals surface area contributed by atoms with Crippen molar-refractivity contribution in [3.05, 3.63) is 45.7 Å². The molecule has 6 heteroatoms. The molecule has 1 amide bonds. The number of hydrogen-bond acceptors (Lipinski definition) is 4. The van der Waals surface area contributed by atoms with Crippen molar-refractivity contribution in [2.75, 3.05) is 19.5 Å². The number of benzene rings is 1. The van der Waals surface area contributed by atoms with Crippen molar-refractivity contribution in [2.24, 2.45) is 0 Å². The van der Waals surface area contributed by atoms with Crippen LogP contribution in [0.1, 0.15) is 10.4 Å². The number of nitrogens with one attached hydrogen (secondary N) is 1. The Kier molecular flexibility index (Phi) is 4.78. The molecule has 0 saturated carbocycles. The molecule has 0 atom stereocenters. The molecule has 0 aliphatic carbocycles. The van der Waals surface area contributed by atoms with Gasteiger partial charge in [-0.3, -0.25) is 4.79 Å². The Hall–Kier alpha value is -1.83. The fourth-order valence-corrected chi connectivity index (χ4v) is 1.94. The van der Waals surface area contributed by atoms with Gasteiger partial charge in [0.1, 0.15) is 17.3 Å². The van der Waals surface area contributed by atoms with Crippen LogP contribution in [0.3, 0.4) is 0 Å². The lowest BCUT2D eigenvalue weighted by molar-refractivity contribution is 0.102. The molecule has 1 aromatic heterocycles. The van der Waals surface area contributed by atoms with E-state index in [0.717, 1.165) is 3.57 Å². The van der Waals surface area contributed by atoms with Crippen molar-refractivity contribution >= 4 is 34.3 Å². The molecule has 2 rings (SSSR count). The van der Waals surface area contributed by atoms with Crippen LogP contribution >= 0.6 is 22.6 Å². The van der Waals surface area contributed by atoms with Gasteiger partial charge < -0.3 is 14.8 Å². The molecule has 0 spiro atoms. The van der Waals surface area contributed by atoms with E-state index in [0.29, 0.717) is 22.9 Å². The van der Waals surface area contributed by atoms with E-state index in [1.54, 1.807) is 37.6 Å². The van der Waals surface area contributed by atoms with E-state index in [1.807, 2.05) is 6.07 Å². The fourth-order valence-electron chi connectivity index (χ4n) is 1.62. The quantitative estimate of drug-likeness (QED) is 0.824. The minimum Gasteiger partial charge on any atom is -0.497 e. The number of aromatic nitrogens is 1. The predicted molar refractivity (Wildman–Crippen MR) is 84.5 cm³/mol. The summed E-state index contributed by atoms with van der Waals surface area (Å²) in [6.45, 7) is 0. The average Bonchev–Trinajstić information content (AvgIpc) is 2.48. The van der Waals surface area contributed by atoms with Crippen LogP contribution in [0.25, 0.3) is 0 Å². The Morgan fingerprint density at radius 2 is 2.00 bits per heavy atom. The Morgan fingerprint density at radius 1 is 1.20 bits per heavy atom. The van der Waals surface area contributed by atoms with Gasteiger partial charge in [-0.15, -0.1) is 0 Å².